The van der Waals surface area contributed by atoms with Crippen molar-refractivity contribution in [2.45, 2.75) is 6.92 Å². The van der Waals surface area contributed by atoms with E-state index >= 15 is 0 Å². The first-order valence-electron chi connectivity index (χ1n) is 3.78. The molecule has 0 aliphatic rings. The minimum atomic E-state index is 0.830. The molecule has 0 saturated carbocycles. The van der Waals surface area contributed by atoms with Gasteiger partial charge in [0.25, 0.3) is 0 Å². The van der Waals surface area contributed by atoms with Crippen molar-refractivity contribution in [1.29, 1.82) is 0 Å². The fourth-order valence-corrected chi connectivity index (χ4v) is 1.27. The van der Waals surface area contributed by atoms with E-state index in [1.165, 1.54) is 0 Å². The van der Waals surface area contributed by atoms with E-state index in [2.05, 4.69) is 4.98 Å². The predicted octanol–water partition coefficient (Wildman–Crippen LogP) is -0.117. The van der Waals surface area contributed by atoms with E-state index in [1.54, 1.807) is 4.68 Å². The van der Waals surface area contributed by atoms with Gasteiger partial charge in [0.05, 0.1) is 0 Å². The van der Waals surface area contributed by atoms with E-state index in [0.717, 1.165) is 16.9 Å². The molecule has 0 aromatic carbocycles. The molecule has 2 aromatic heterocycles. The molecule has 0 unspecified atom stereocenters. The lowest BCUT2D eigenvalue weighted by Gasteiger charge is -1.93. The Bertz CT molecular complexity index is 430. The second-order valence-electron chi connectivity index (χ2n) is 2.91. The third-order valence-electron chi connectivity index (χ3n) is 1.95. The monoisotopic (exact) mass is 163 g/mol. The molecule has 0 fully saturated rings. The highest BCUT2D eigenvalue weighted by Gasteiger charge is 2.06. The van der Waals surface area contributed by atoms with Crippen LogP contribution in [-0.2, 0) is 7.05 Å². The quantitative estimate of drug-likeness (QED) is 0.435. The number of rotatable bonds is 0. The molecule has 0 bridgehead atoms. The summed E-state index contributed by atoms with van der Waals surface area (Å²) in [6.45, 7) is 1.89. The number of nitrogens with zero attached hydrogens (tertiary/aromatic N) is 3. The van der Waals surface area contributed by atoms with Crippen LogP contribution in [0.4, 0.5) is 0 Å². The SMILES string of the molecule is Cc1nc2c[n+](C)ccc2n1N. The zero-order chi connectivity index (χ0) is 8.72. The summed E-state index contributed by atoms with van der Waals surface area (Å²) in [5.74, 6) is 6.56. The standard InChI is InChI=1S/C8H11N4/c1-6-10-7-5-11(2)4-3-8(7)12(6)9/h3-5H,9H2,1-2H3/q+1. The number of nitrogens with two attached hydrogens (primary N) is 1. The van der Waals surface area contributed by atoms with Crippen LogP contribution in [-0.4, -0.2) is 9.66 Å². The molecule has 0 aliphatic heterocycles. The number of nitrogen functional groups attached to an aromatic ring is 1. The minimum Gasteiger partial charge on any atom is -0.337 e. The maximum absolute atomic E-state index is 5.73. The van der Waals surface area contributed by atoms with Gasteiger partial charge in [-0.3, -0.25) is 0 Å². The number of hydrogen-bond donors (Lipinski definition) is 1. The predicted molar refractivity (Wildman–Crippen MR) is 45.8 cm³/mol. The van der Waals surface area contributed by atoms with Crippen molar-refractivity contribution < 1.29 is 4.57 Å². The summed E-state index contributed by atoms with van der Waals surface area (Å²) in [5, 5.41) is 0. The van der Waals surface area contributed by atoms with Crippen LogP contribution in [0.1, 0.15) is 5.82 Å². The van der Waals surface area contributed by atoms with Crippen LogP contribution in [0.15, 0.2) is 18.5 Å². The summed E-state index contributed by atoms with van der Waals surface area (Å²) >= 11 is 0. The molecule has 0 aliphatic carbocycles. The summed E-state index contributed by atoms with van der Waals surface area (Å²) in [4.78, 5) is 4.29. The van der Waals surface area contributed by atoms with Gasteiger partial charge in [0.15, 0.2) is 17.9 Å². The van der Waals surface area contributed by atoms with E-state index in [-0.39, 0.29) is 0 Å². The number of pyridine rings is 1. The molecule has 12 heavy (non-hydrogen) atoms. The average Bonchev–Trinajstić information content (AvgIpc) is 2.28. The Morgan fingerprint density at radius 3 is 3.08 bits per heavy atom. The van der Waals surface area contributed by atoms with Gasteiger partial charge in [-0.15, -0.1) is 0 Å². The van der Waals surface area contributed by atoms with Crippen molar-refractivity contribution in [3.05, 3.63) is 24.3 Å². The third-order valence-corrected chi connectivity index (χ3v) is 1.95. The number of imidazole rings is 1. The Labute approximate surface area is 70.2 Å². The molecule has 62 valence electrons. The first-order chi connectivity index (χ1) is 5.68. The van der Waals surface area contributed by atoms with Gasteiger partial charge in [-0.2, -0.15) is 0 Å². The van der Waals surface area contributed by atoms with E-state index < -0.39 is 0 Å². The maximum Gasteiger partial charge on any atom is 0.196 e. The molecular formula is C8H11N4+. The summed E-state index contributed by atoms with van der Waals surface area (Å²) in [6, 6.07) is 1.95. The Kier molecular flexibility index (Phi) is 1.30. The normalized spacial score (nSPS) is 10.8. The summed E-state index contributed by atoms with van der Waals surface area (Å²) in [6.07, 6.45) is 3.90. The zero-order valence-corrected chi connectivity index (χ0v) is 7.15. The minimum absolute atomic E-state index is 0.830. The summed E-state index contributed by atoms with van der Waals surface area (Å²) < 4.78 is 3.55. The smallest absolute Gasteiger partial charge is 0.196 e. The van der Waals surface area contributed by atoms with Gasteiger partial charge in [-0.05, 0) is 6.92 Å². The van der Waals surface area contributed by atoms with Gasteiger partial charge in [0.1, 0.15) is 18.4 Å². The van der Waals surface area contributed by atoms with Gasteiger partial charge in [-0.25, -0.2) is 14.2 Å². The zero-order valence-electron chi connectivity index (χ0n) is 7.15. The van der Waals surface area contributed by atoms with Crippen LogP contribution < -0.4 is 10.4 Å². The van der Waals surface area contributed by atoms with Crippen LogP contribution in [0.5, 0.6) is 0 Å². The topological polar surface area (TPSA) is 47.7 Å². The Hall–Kier alpha value is -1.58. The molecule has 2 aromatic rings. The van der Waals surface area contributed by atoms with Crippen LogP contribution in [0.25, 0.3) is 11.0 Å². The van der Waals surface area contributed by atoms with Gasteiger partial charge >= 0.3 is 0 Å². The molecule has 2 rings (SSSR count). The molecule has 0 radical (unpaired) electrons. The lowest BCUT2D eigenvalue weighted by atomic mass is 10.4. The Balaban J connectivity index is 2.87. The van der Waals surface area contributed by atoms with Crippen molar-refractivity contribution in [2.75, 3.05) is 5.84 Å². The molecule has 2 heterocycles. The molecule has 4 heteroatoms. The molecule has 4 nitrogen and oxygen atoms in total. The summed E-state index contributed by atoms with van der Waals surface area (Å²) in [7, 11) is 1.96. The fourth-order valence-electron chi connectivity index (χ4n) is 1.27. The van der Waals surface area contributed by atoms with Crippen molar-refractivity contribution in [2.24, 2.45) is 7.05 Å². The van der Waals surface area contributed by atoms with Crippen LogP contribution in [0.3, 0.4) is 0 Å². The van der Waals surface area contributed by atoms with Crippen LogP contribution >= 0.6 is 0 Å². The number of hydrogen-bond acceptors (Lipinski definition) is 2. The highest BCUT2D eigenvalue weighted by Crippen LogP contribution is 2.09. The number of fused-ring (bicyclic) bond motifs is 1. The molecule has 0 saturated heterocycles. The average molecular weight is 163 g/mol. The van der Waals surface area contributed by atoms with Gasteiger partial charge in [0, 0.05) is 6.07 Å². The van der Waals surface area contributed by atoms with E-state index in [9.17, 15) is 0 Å². The molecule has 0 spiro atoms. The van der Waals surface area contributed by atoms with Crippen LogP contribution in [0, 0.1) is 6.92 Å². The highest BCUT2D eigenvalue weighted by molar-refractivity contribution is 5.73. The molecular weight excluding hydrogens is 152 g/mol. The molecule has 0 atom stereocenters. The van der Waals surface area contributed by atoms with Crippen LogP contribution in [0.2, 0.25) is 0 Å². The number of aryl methyl sites for hydroxylation is 2. The Morgan fingerprint density at radius 2 is 2.33 bits per heavy atom. The maximum atomic E-state index is 5.73. The lowest BCUT2D eigenvalue weighted by Crippen LogP contribution is -2.26. The largest absolute Gasteiger partial charge is 0.337 e. The second-order valence-corrected chi connectivity index (χ2v) is 2.91. The van der Waals surface area contributed by atoms with Crippen molar-refractivity contribution in [1.82, 2.24) is 9.66 Å². The van der Waals surface area contributed by atoms with Crippen molar-refractivity contribution in [3.63, 3.8) is 0 Å². The van der Waals surface area contributed by atoms with E-state index in [1.807, 2.05) is 37.0 Å². The summed E-state index contributed by atoms with van der Waals surface area (Å²) in [5.41, 5.74) is 1.89. The van der Waals surface area contributed by atoms with Crippen molar-refractivity contribution in [3.8, 4) is 0 Å². The lowest BCUT2D eigenvalue weighted by molar-refractivity contribution is -0.670. The highest BCUT2D eigenvalue weighted by atomic mass is 15.3. The first kappa shape index (κ1) is 7.09. The van der Waals surface area contributed by atoms with Gasteiger partial charge < -0.3 is 5.84 Å². The van der Waals surface area contributed by atoms with Gasteiger partial charge in [0.2, 0.25) is 0 Å². The van der Waals surface area contributed by atoms with Gasteiger partial charge in [-0.1, -0.05) is 0 Å². The fraction of sp³-hybridized carbons (Fsp3) is 0.250. The van der Waals surface area contributed by atoms with E-state index in [4.69, 9.17) is 5.84 Å². The number of aromatic nitrogens is 3. The molecule has 0 amide bonds. The van der Waals surface area contributed by atoms with Crippen molar-refractivity contribution >= 4 is 11.0 Å². The van der Waals surface area contributed by atoms with E-state index in [0.29, 0.717) is 0 Å². The second kappa shape index (κ2) is 2.20. The third kappa shape index (κ3) is 0.845. The Morgan fingerprint density at radius 1 is 1.58 bits per heavy atom. The molecule has 2 N–H and O–H groups in total. The first-order valence-corrected chi connectivity index (χ1v) is 3.78.